The van der Waals surface area contributed by atoms with E-state index in [2.05, 4.69) is 4.98 Å². The lowest BCUT2D eigenvalue weighted by Gasteiger charge is -2.09. The highest BCUT2D eigenvalue weighted by molar-refractivity contribution is 6.32. The molecule has 18 heavy (non-hydrogen) atoms. The molecule has 0 spiro atoms. The van der Waals surface area contributed by atoms with Gasteiger partial charge in [-0.05, 0) is 18.2 Å². The molecule has 0 unspecified atom stereocenters. The minimum Gasteiger partial charge on any atom is -0.497 e. The van der Waals surface area contributed by atoms with Crippen LogP contribution in [0.15, 0.2) is 18.2 Å². The molecule has 5 nitrogen and oxygen atoms in total. The largest absolute Gasteiger partial charge is 0.497 e. The van der Waals surface area contributed by atoms with Crippen LogP contribution in [0.5, 0.6) is 11.5 Å². The van der Waals surface area contributed by atoms with E-state index in [1.165, 1.54) is 0 Å². The molecule has 1 aromatic heterocycles. The molecule has 0 amide bonds. The summed E-state index contributed by atoms with van der Waals surface area (Å²) < 4.78 is 12.1. The van der Waals surface area contributed by atoms with E-state index in [1.54, 1.807) is 31.9 Å². The van der Waals surface area contributed by atoms with Gasteiger partial charge in [0.05, 0.1) is 14.2 Å². The second kappa shape index (κ2) is 4.78. The van der Waals surface area contributed by atoms with Gasteiger partial charge in [-0.1, -0.05) is 11.6 Å². The van der Waals surface area contributed by atoms with E-state index in [4.69, 9.17) is 26.8 Å². The molecule has 96 valence electrons. The zero-order chi connectivity index (χ0) is 13.3. The van der Waals surface area contributed by atoms with E-state index in [-0.39, 0.29) is 0 Å². The fourth-order valence-electron chi connectivity index (χ4n) is 1.67. The molecule has 1 aromatic carbocycles. The third-order valence-electron chi connectivity index (χ3n) is 2.72. The molecule has 2 N–H and O–H groups in total. The van der Waals surface area contributed by atoms with E-state index in [9.17, 15) is 0 Å². The molecule has 0 saturated heterocycles. The van der Waals surface area contributed by atoms with E-state index >= 15 is 0 Å². The van der Waals surface area contributed by atoms with Crippen molar-refractivity contribution in [3.8, 4) is 22.8 Å². The van der Waals surface area contributed by atoms with Crippen LogP contribution < -0.4 is 15.2 Å². The first-order chi connectivity index (χ1) is 8.58. The van der Waals surface area contributed by atoms with Crippen LogP contribution in [0.1, 0.15) is 0 Å². The van der Waals surface area contributed by atoms with Crippen molar-refractivity contribution in [3.05, 3.63) is 23.4 Å². The Hall–Kier alpha value is -1.88. The number of rotatable bonds is 3. The Morgan fingerprint density at radius 2 is 2.00 bits per heavy atom. The van der Waals surface area contributed by atoms with Gasteiger partial charge in [-0.25, -0.2) is 4.98 Å². The maximum Gasteiger partial charge on any atom is 0.201 e. The summed E-state index contributed by atoms with van der Waals surface area (Å²) >= 11 is 6.20. The van der Waals surface area contributed by atoms with Crippen LogP contribution in [0.2, 0.25) is 5.15 Å². The van der Waals surface area contributed by atoms with Crippen LogP contribution >= 0.6 is 11.6 Å². The lowest BCUT2D eigenvalue weighted by atomic mass is 10.1. The maximum atomic E-state index is 6.20. The number of halogens is 1. The number of hydrogen-bond acceptors (Lipinski definition) is 4. The Bertz CT molecular complexity index is 581. The summed E-state index contributed by atoms with van der Waals surface area (Å²) in [5.74, 6) is 1.71. The molecule has 1 heterocycles. The lowest BCUT2D eigenvalue weighted by Crippen LogP contribution is -1.96. The van der Waals surface area contributed by atoms with Gasteiger partial charge in [0.1, 0.15) is 22.3 Å². The van der Waals surface area contributed by atoms with Crippen LogP contribution in [0, 0.1) is 0 Å². The molecule has 0 saturated carbocycles. The topological polar surface area (TPSA) is 62.3 Å². The normalized spacial score (nSPS) is 10.4. The van der Waals surface area contributed by atoms with Gasteiger partial charge in [-0.2, -0.15) is 0 Å². The van der Waals surface area contributed by atoms with Crippen molar-refractivity contribution < 1.29 is 9.47 Å². The summed E-state index contributed by atoms with van der Waals surface area (Å²) in [7, 11) is 4.94. The van der Waals surface area contributed by atoms with Crippen LogP contribution in [0.25, 0.3) is 11.3 Å². The number of ether oxygens (including phenoxy) is 2. The third-order valence-corrected chi connectivity index (χ3v) is 3.15. The molecular formula is C12H14ClN3O2. The Morgan fingerprint density at radius 3 is 2.50 bits per heavy atom. The second-order valence-corrected chi connectivity index (χ2v) is 4.09. The summed E-state index contributed by atoms with van der Waals surface area (Å²) in [4.78, 5) is 4.24. The van der Waals surface area contributed by atoms with Crippen molar-refractivity contribution in [1.29, 1.82) is 0 Å². The number of hydrogen-bond donors (Lipinski definition) is 1. The SMILES string of the molecule is COc1ccc(OC)c(-c2nc(N)n(C)c2Cl)c1. The number of benzene rings is 1. The van der Waals surface area contributed by atoms with Gasteiger partial charge in [0.2, 0.25) is 5.95 Å². The van der Waals surface area contributed by atoms with Gasteiger partial charge in [0.15, 0.2) is 0 Å². The number of nitrogens with zero attached hydrogens (tertiary/aromatic N) is 2. The minimum atomic E-state index is 0.347. The first kappa shape index (κ1) is 12.6. The summed E-state index contributed by atoms with van der Waals surface area (Å²) in [6.45, 7) is 0. The first-order valence-corrected chi connectivity index (χ1v) is 5.66. The predicted molar refractivity (Wildman–Crippen MR) is 71.2 cm³/mol. The second-order valence-electron chi connectivity index (χ2n) is 3.73. The Morgan fingerprint density at radius 1 is 1.28 bits per heavy atom. The minimum absolute atomic E-state index is 0.347. The highest BCUT2D eigenvalue weighted by Crippen LogP contribution is 2.37. The fourth-order valence-corrected chi connectivity index (χ4v) is 1.90. The van der Waals surface area contributed by atoms with Gasteiger partial charge in [0.25, 0.3) is 0 Å². The summed E-state index contributed by atoms with van der Waals surface area (Å²) in [6.07, 6.45) is 0. The summed E-state index contributed by atoms with van der Waals surface area (Å²) in [5.41, 5.74) is 7.06. The molecule has 0 aliphatic heterocycles. The number of anilines is 1. The van der Waals surface area contributed by atoms with Crippen LogP contribution in [0.3, 0.4) is 0 Å². The Balaban J connectivity index is 2.64. The molecule has 0 aliphatic rings. The van der Waals surface area contributed by atoms with E-state index in [0.717, 1.165) is 5.56 Å². The molecule has 0 bridgehead atoms. The molecule has 6 heteroatoms. The summed E-state index contributed by atoms with van der Waals surface area (Å²) in [5, 5.41) is 0.457. The van der Waals surface area contributed by atoms with Crippen molar-refractivity contribution in [2.75, 3.05) is 20.0 Å². The van der Waals surface area contributed by atoms with E-state index in [0.29, 0.717) is 28.3 Å². The average Bonchev–Trinajstić information content (AvgIpc) is 2.65. The van der Waals surface area contributed by atoms with Crippen LogP contribution in [-0.4, -0.2) is 23.8 Å². The van der Waals surface area contributed by atoms with Gasteiger partial charge in [-0.15, -0.1) is 0 Å². The number of imidazole rings is 1. The third kappa shape index (κ3) is 1.97. The van der Waals surface area contributed by atoms with Gasteiger partial charge in [-0.3, -0.25) is 0 Å². The monoisotopic (exact) mass is 267 g/mol. The number of aromatic nitrogens is 2. The lowest BCUT2D eigenvalue weighted by molar-refractivity contribution is 0.404. The van der Waals surface area contributed by atoms with Gasteiger partial charge >= 0.3 is 0 Å². The van der Waals surface area contributed by atoms with E-state index < -0.39 is 0 Å². The maximum absolute atomic E-state index is 6.20. The van der Waals surface area contributed by atoms with Crippen LogP contribution in [0.4, 0.5) is 5.95 Å². The average molecular weight is 268 g/mol. The molecule has 0 atom stereocenters. The Labute approximate surface area is 110 Å². The van der Waals surface area contributed by atoms with Crippen LogP contribution in [-0.2, 0) is 7.05 Å². The number of nitrogen functional groups attached to an aromatic ring is 1. The highest BCUT2D eigenvalue weighted by Gasteiger charge is 2.17. The first-order valence-electron chi connectivity index (χ1n) is 5.28. The predicted octanol–water partition coefficient (Wildman–Crippen LogP) is 2.34. The van der Waals surface area contributed by atoms with Crippen molar-refractivity contribution in [1.82, 2.24) is 9.55 Å². The Kier molecular flexibility index (Phi) is 3.34. The quantitative estimate of drug-likeness (QED) is 0.927. The van der Waals surface area contributed by atoms with Crippen molar-refractivity contribution in [3.63, 3.8) is 0 Å². The molecule has 2 rings (SSSR count). The molecule has 0 radical (unpaired) electrons. The zero-order valence-corrected chi connectivity index (χ0v) is 11.2. The molecule has 0 aliphatic carbocycles. The standard InChI is InChI=1S/C12H14ClN3O2/c1-16-11(13)10(15-12(16)14)8-6-7(17-2)4-5-9(8)18-3/h4-6H,1-3H3,(H2,14,15). The van der Waals surface area contributed by atoms with Gasteiger partial charge < -0.3 is 19.8 Å². The smallest absolute Gasteiger partial charge is 0.201 e. The molecule has 0 fully saturated rings. The van der Waals surface area contributed by atoms with Gasteiger partial charge in [0, 0.05) is 12.6 Å². The molecule has 2 aromatic rings. The number of nitrogens with two attached hydrogens (primary N) is 1. The highest BCUT2D eigenvalue weighted by atomic mass is 35.5. The van der Waals surface area contributed by atoms with Crippen molar-refractivity contribution in [2.45, 2.75) is 0 Å². The fraction of sp³-hybridized carbons (Fsp3) is 0.250. The number of methoxy groups -OCH3 is 2. The zero-order valence-electron chi connectivity index (χ0n) is 10.4. The van der Waals surface area contributed by atoms with Crippen molar-refractivity contribution >= 4 is 17.5 Å². The van der Waals surface area contributed by atoms with Crippen molar-refractivity contribution in [2.24, 2.45) is 7.05 Å². The molecular weight excluding hydrogens is 254 g/mol. The summed E-state index contributed by atoms with van der Waals surface area (Å²) in [6, 6.07) is 5.42. The van der Waals surface area contributed by atoms with E-state index in [1.807, 2.05) is 12.1 Å².